The van der Waals surface area contributed by atoms with Crippen molar-refractivity contribution in [2.75, 3.05) is 13.7 Å². The summed E-state index contributed by atoms with van der Waals surface area (Å²) in [5.41, 5.74) is 0.478. The van der Waals surface area contributed by atoms with Gasteiger partial charge in [0.25, 0.3) is 0 Å². The lowest BCUT2D eigenvalue weighted by atomic mass is 10.1. The molecule has 0 unspecified atom stereocenters. The molecule has 0 aliphatic heterocycles. The van der Waals surface area contributed by atoms with Crippen LogP contribution in [0.4, 0.5) is 0 Å². The van der Waals surface area contributed by atoms with E-state index in [4.69, 9.17) is 9.47 Å². The van der Waals surface area contributed by atoms with Crippen LogP contribution in [0.15, 0.2) is 18.2 Å². The summed E-state index contributed by atoms with van der Waals surface area (Å²) in [6, 6.07) is 3.07. The summed E-state index contributed by atoms with van der Waals surface area (Å²) in [6.07, 6.45) is 3.10. The Labute approximate surface area is 105 Å². The van der Waals surface area contributed by atoms with E-state index in [0.29, 0.717) is 11.8 Å². The van der Waals surface area contributed by atoms with Crippen molar-refractivity contribution < 1.29 is 24.2 Å². The number of benzene rings is 1. The number of esters is 1. The van der Waals surface area contributed by atoms with Gasteiger partial charge in [-0.3, -0.25) is 4.79 Å². The second-order valence-corrected chi connectivity index (χ2v) is 3.32. The van der Waals surface area contributed by atoms with Gasteiger partial charge in [-0.1, -0.05) is 6.07 Å². The van der Waals surface area contributed by atoms with Crippen LogP contribution < -0.4 is 4.74 Å². The van der Waals surface area contributed by atoms with Crippen LogP contribution in [0.25, 0.3) is 6.08 Å². The molecule has 5 nitrogen and oxygen atoms in total. The fourth-order valence-electron chi connectivity index (χ4n) is 1.39. The average Bonchev–Trinajstić information content (AvgIpc) is 2.36. The van der Waals surface area contributed by atoms with E-state index in [0.717, 1.165) is 0 Å². The number of carbonyl (C=O) groups excluding carboxylic acids is 2. The predicted molar refractivity (Wildman–Crippen MR) is 65.7 cm³/mol. The minimum absolute atomic E-state index is 0.0647. The summed E-state index contributed by atoms with van der Waals surface area (Å²) in [7, 11) is 1.39. The van der Waals surface area contributed by atoms with Gasteiger partial charge < -0.3 is 14.6 Å². The Balaban J connectivity index is 3.07. The van der Waals surface area contributed by atoms with Crippen LogP contribution in [0.1, 0.15) is 22.8 Å². The van der Waals surface area contributed by atoms with Gasteiger partial charge in [0.2, 0.25) is 0 Å². The van der Waals surface area contributed by atoms with E-state index >= 15 is 0 Å². The smallest absolute Gasteiger partial charge is 0.330 e. The van der Waals surface area contributed by atoms with Crippen molar-refractivity contribution in [3.05, 3.63) is 29.3 Å². The number of rotatable bonds is 5. The van der Waals surface area contributed by atoms with Crippen LogP contribution in [-0.4, -0.2) is 31.1 Å². The van der Waals surface area contributed by atoms with E-state index < -0.39 is 5.97 Å². The molecular formula is C13H14O5. The van der Waals surface area contributed by atoms with Gasteiger partial charge in [0.1, 0.15) is 0 Å². The van der Waals surface area contributed by atoms with E-state index in [1.807, 2.05) is 0 Å². The number of phenols is 1. The van der Waals surface area contributed by atoms with Crippen molar-refractivity contribution in [2.45, 2.75) is 6.92 Å². The molecule has 0 spiro atoms. The Morgan fingerprint density at radius 2 is 2.17 bits per heavy atom. The lowest BCUT2D eigenvalue weighted by molar-refractivity contribution is -0.137. The lowest BCUT2D eigenvalue weighted by Gasteiger charge is -2.07. The van der Waals surface area contributed by atoms with Crippen molar-refractivity contribution >= 4 is 18.3 Å². The Bertz CT molecular complexity index is 477. The molecule has 0 heterocycles. The van der Waals surface area contributed by atoms with Gasteiger partial charge >= 0.3 is 5.97 Å². The van der Waals surface area contributed by atoms with Crippen molar-refractivity contribution in [3.63, 3.8) is 0 Å². The number of carbonyl (C=O) groups is 2. The third kappa shape index (κ3) is 3.10. The number of aromatic hydroxyl groups is 1. The molecule has 1 N–H and O–H groups in total. The highest BCUT2D eigenvalue weighted by Crippen LogP contribution is 2.31. The van der Waals surface area contributed by atoms with Gasteiger partial charge in [0.05, 0.1) is 19.3 Å². The molecule has 0 aromatic heterocycles. The first-order valence-corrected chi connectivity index (χ1v) is 5.34. The Kier molecular flexibility index (Phi) is 4.92. The molecule has 0 bridgehead atoms. The molecule has 1 aromatic rings. The lowest BCUT2D eigenvalue weighted by Crippen LogP contribution is -1.99. The predicted octanol–water partition coefficient (Wildman–Crippen LogP) is 1.79. The van der Waals surface area contributed by atoms with E-state index in [2.05, 4.69) is 0 Å². The van der Waals surface area contributed by atoms with Crippen LogP contribution in [0.2, 0.25) is 0 Å². The minimum atomic E-state index is -0.510. The number of aldehydes is 1. The van der Waals surface area contributed by atoms with Crippen LogP contribution in [0.5, 0.6) is 11.5 Å². The summed E-state index contributed by atoms with van der Waals surface area (Å²) in [4.78, 5) is 22.1. The minimum Gasteiger partial charge on any atom is -0.504 e. The molecule has 0 aliphatic rings. The van der Waals surface area contributed by atoms with Crippen LogP contribution in [0, 0.1) is 0 Å². The number of ether oxygens (including phenoxy) is 2. The quantitative estimate of drug-likeness (QED) is 0.490. The molecule has 1 aromatic carbocycles. The molecule has 0 fully saturated rings. The normalized spacial score (nSPS) is 10.3. The number of methoxy groups -OCH3 is 1. The fraction of sp³-hybridized carbons (Fsp3) is 0.231. The summed E-state index contributed by atoms with van der Waals surface area (Å²) in [6.45, 7) is 1.97. The topological polar surface area (TPSA) is 72.8 Å². The van der Waals surface area contributed by atoms with Crippen molar-refractivity contribution in [3.8, 4) is 11.5 Å². The maximum atomic E-state index is 11.1. The molecule has 0 aliphatic carbocycles. The summed E-state index contributed by atoms with van der Waals surface area (Å²) >= 11 is 0. The molecule has 0 radical (unpaired) electrons. The first-order chi connectivity index (χ1) is 8.63. The second kappa shape index (κ2) is 6.44. The number of hydrogen-bond donors (Lipinski definition) is 1. The van der Waals surface area contributed by atoms with E-state index in [9.17, 15) is 14.7 Å². The summed E-state index contributed by atoms with van der Waals surface area (Å²) < 4.78 is 9.59. The SMILES string of the molecule is CCOC(=O)C=Cc1ccc(OC)c(O)c1C=O. The Morgan fingerprint density at radius 3 is 2.72 bits per heavy atom. The van der Waals surface area contributed by atoms with Crippen LogP contribution >= 0.6 is 0 Å². The second-order valence-electron chi connectivity index (χ2n) is 3.32. The zero-order valence-corrected chi connectivity index (χ0v) is 10.2. The molecule has 0 saturated carbocycles. The maximum Gasteiger partial charge on any atom is 0.330 e. The molecule has 0 saturated heterocycles. The standard InChI is InChI=1S/C13H14O5/c1-3-18-12(15)7-5-9-4-6-11(17-2)13(16)10(9)8-14/h4-8,16H,3H2,1-2H3. The highest BCUT2D eigenvalue weighted by atomic mass is 16.5. The summed E-state index contributed by atoms with van der Waals surface area (Å²) in [5.74, 6) is -0.562. The number of hydrogen-bond acceptors (Lipinski definition) is 5. The average molecular weight is 250 g/mol. The van der Waals surface area contributed by atoms with Crippen LogP contribution in [-0.2, 0) is 9.53 Å². The monoisotopic (exact) mass is 250 g/mol. The molecule has 0 amide bonds. The zero-order valence-electron chi connectivity index (χ0n) is 10.2. The molecular weight excluding hydrogens is 236 g/mol. The molecule has 0 atom stereocenters. The van der Waals surface area contributed by atoms with E-state index in [1.54, 1.807) is 13.0 Å². The summed E-state index contributed by atoms with van der Waals surface area (Å²) in [5, 5.41) is 9.73. The zero-order chi connectivity index (χ0) is 13.5. The van der Waals surface area contributed by atoms with E-state index in [-0.39, 0.29) is 23.7 Å². The Hall–Kier alpha value is -2.30. The largest absolute Gasteiger partial charge is 0.504 e. The molecule has 5 heteroatoms. The number of phenolic OH excluding ortho intramolecular Hbond substituents is 1. The van der Waals surface area contributed by atoms with Gasteiger partial charge in [0.15, 0.2) is 17.8 Å². The van der Waals surface area contributed by atoms with Gasteiger partial charge in [-0.05, 0) is 24.6 Å². The van der Waals surface area contributed by atoms with Crippen LogP contribution in [0.3, 0.4) is 0 Å². The highest BCUT2D eigenvalue weighted by molar-refractivity contribution is 5.92. The van der Waals surface area contributed by atoms with Gasteiger partial charge in [-0.15, -0.1) is 0 Å². The van der Waals surface area contributed by atoms with Crippen molar-refractivity contribution in [1.29, 1.82) is 0 Å². The highest BCUT2D eigenvalue weighted by Gasteiger charge is 2.11. The third-order valence-corrected chi connectivity index (χ3v) is 2.24. The fourth-order valence-corrected chi connectivity index (χ4v) is 1.39. The molecule has 96 valence electrons. The van der Waals surface area contributed by atoms with Gasteiger partial charge in [-0.25, -0.2) is 4.79 Å². The Morgan fingerprint density at radius 1 is 1.44 bits per heavy atom. The van der Waals surface area contributed by atoms with Crippen molar-refractivity contribution in [2.24, 2.45) is 0 Å². The van der Waals surface area contributed by atoms with Crippen molar-refractivity contribution in [1.82, 2.24) is 0 Å². The maximum absolute atomic E-state index is 11.1. The first-order valence-electron chi connectivity index (χ1n) is 5.34. The molecule has 18 heavy (non-hydrogen) atoms. The molecule has 1 rings (SSSR count). The van der Waals surface area contributed by atoms with Gasteiger partial charge in [0, 0.05) is 6.08 Å². The van der Waals surface area contributed by atoms with E-state index in [1.165, 1.54) is 25.3 Å². The van der Waals surface area contributed by atoms with Gasteiger partial charge in [-0.2, -0.15) is 0 Å². The third-order valence-electron chi connectivity index (χ3n) is 2.24. The first kappa shape index (κ1) is 13.8.